The molecule has 2 N–H and O–H groups in total. The molecule has 0 unspecified atom stereocenters. The van der Waals surface area contributed by atoms with E-state index in [-0.39, 0.29) is 11.9 Å². The van der Waals surface area contributed by atoms with Gasteiger partial charge in [-0.3, -0.25) is 4.79 Å². The van der Waals surface area contributed by atoms with Crippen LogP contribution in [0.1, 0.15) is 26.2 Å². The van der Waals surface area contributed by atoms with Gasteiger partial charge in [-0.25, -0.2) is 0 Å². The summed E-state index contributed by atoms with van der Waals surface area (Å²) in [6.07, 6.45) is 2.96. The topological polar surface area (TPSA) is 49.6 Å². The van der Waals surface area contributed by atoms with Gasteiger partial charge in [-0.2, -0.15) is 0 Å². The van der Waals surface area contributed by atoms with Gasteiger partial charge in [0.15, 0.2) is 0 Å². The van der Waals surface area contributed by atoms with Crippen LogP contribution in [0.5, 0.6) is 0 Å². The van der Waals surface area contributed by atoms with Crippen molar-refractivity contribution in [1.82, 2.24) is 9.80 Å². The molecule has 1 amide bonds. The van der Waals surface area contributed by atoms with Gasteiger partial charge in [-0.15, -0.1) is 0 Å². The molecule has 0 aromatic rings. The van der Waals surface area contributed by atoms with E-state index in [9.17, 15) is 4.79 Å². The van der Waals surface area contributed by atoms with Crippen molar-refractivity contribution in [2.24, 2.45) is 11.7 Å². The van der Waals surface area contributed by atoms with Crippen molar-refractivity contribution in [2.75, 3.05) is 33.7 Å². The fourth-order valence-corrected chi connectivity index (χ4v) is 2.26. The third kappa shape index (κ3) is 3.76. The lowest BCUT2D eigenvalue weighted by molar-refractivity contribution is -0.134. The Morgan fingerprint density at radius 3 is 2.44 bits per heavy atom. The second-order valence-electron chi connectivity index (χ2n) is 5.05. The van der Waals surface area contributed by atoms with Crippen molar-refractivity contribution in [1.29, 1.82) is 0 Å². The number of nitrogens with two attached hydrogens (primary N) is 1. The Kier molecular flexibility index (Phi) is 5.22. The highest BCUT2D eigenvalue weighted by molar-refractivity contribution is 5.81. The van der Waals surface area contributed by atoms with Crippen LogP contribution in [0.2, 0.25) is 0 Å². The summed E-state index contributed by atoms with van der Waals surface area (Å²) in [6.45, 7) is 4.85. The third-order valence-electron chi connectivity index (χ3n) is 3.31. The van der Waals surface area contributed by atoms with E-state index in [2.05, 4.69) is 19.0 Å². The number of carbonyl (C=O) groups excluding carboxylic acids is 1. The van der Waals surface area contributed by atoms with Gasteiger partial charge in [0, 0.05) is 19.6 Å². The summed E-state index contributed by atoms with van der Waals surface area (Å²) >= 11 is 0. The largest absolute Gasteiger partial charge is 0.341 e. The first-order chi connectivity index (χ1) is 7.54. The smallest absolute Gasteiger partial charge is 0.239 e. The average Bonchev–Trinajstić information content (AvgIpc) is 2.27. The van der Waals surface area contributed by atoms with Gasteiger partial charge >= 0.3 is 0 Å². The van der Waals surface area contributed by atoms with Gasteiger partial charge in [0.2, 0.25) is 5.91 Å². The van der Waals surface area contributed by atoms with E-state index in [1.54, 1.807) is 0 Å². The zero-order valence-electron chi connectivity index (χ0n) is 10.8. The second-order valence-corrected chi connectivity index (χ2v) is 5.05. The van der Waals surface area contributed by atoms with E-state index in [0.29, 0.717) is 0 Å². The van der Waals surface area contributed by atoms with Crippen LogP contribution >= 0.6 is 0 Å². The predicted octanol–water partition coefficient (Wildman–Crippen LogP) is 0.524. The van der Waals surface area contributed by atoms with E-state index < -0.39 is 0 Å². The number of rotatable bonds is 4. The van der Waals surface area contributed by atoms with Crippen molar-refractivity contribution in [2.45, 2.75) is 32.2 Å². The average molecular weight is 227 g/mol. The lowest BCUT2D eigenvalue weighted by Crippen LogP contribution is -2.47. The monoisotopic (exact) mass is 227 g/mol. The molecule has 0 aromatic carbocycles. The molecule has 94 valence electrons. The summed E-state index contributed by atoms with van der Waals surface area (Å²) in [6, 6.07) is -0.301. The summed E-state index contributed by atoms with van der Waals surface area (Å²) in [7, 11) is 4.20. The normalized spacial score (nSPS) is 20.2. The van der Waals surface area contributed by atoms with Crippen LogP contribution in [0.15, 0.2) is 0 Å². The van der Waals surface area contributed by atoms with Gasteiger partial charge in [-0.1, -0.05) is 6.92 Å². The first-order valence-electron chi connectivity index (χ1n) is 6.23. The molecule has 1 saturated heterocycles. The lowest BCUT2D eigenvalue weighted by Gasteiger charge is -2.34. The van der Waals surface area contributed by atoms with Crippen LogP contribution < -0.4 is 5.73 Å². The molecule has 0 spiro atoms. The minimum atomic E-state index is -0.301. The number of hydrogen-bond acceptors (Lipinski definition) is 3. The molecule has 4 heteroatoms. The van der Waals surface area contributed by atoms with Gasteiger partial charge in [0.05, 0.1) is 6.04 Å². The van der Waals surface area contributed by atoms with Crippen molar-refractivity contribution in [3.05, 3.63) is 0 Å². The number of amides is 1. The number of piperidine rings is 1. The molecule has 1 fully saturated rings. The Labute approximate surface area is 98.8 Å². The van der Waals surface area contributed by atoms with Crippen molar-refractivity contribution >= 4 is 5.91 Å². The summed E-state index contributed by atoms with van der Waals surface area (Å²) in [4.78, 5) is 16.0. The molecule has 0 aromatic heterocycles. The number of hydrogen-bond donors (Lipinski definition) is 1. The van der Waals surface area contributed by atoms with Gasteiger partial charge in [0.25, 0.3) is 0 Å². The lowest BCUT2D eigenvalue weighted by atomic mass is 9.96. The Balaban J connectivity index is 2.34. The summed E-state index contributed by atoms with van der Waals surface area (Å²) < 4.78 is 0. The number of nitrogens with zero attached hydrogens (tertiary/aromatic N) is 2. The summed E-state index contributed by atoms with van der Waals surface area (Å²) in [5.41, 5.74) is 5.76. The van der Waals surface area contributed by atoms with Gasteiger partial charge in [0.1, 0.15) is 0 Å². The Hall–Kier alpha value is -0.610. The summed E-state index contributed by atoms with van der Waals surface area (Å²) in [5, 5.41) is 0. The molecule has 0 radical (unpaired) electrons. The first-order valence-corrected chi connectivity index (χ1v) is 6.23. The van der Waals surface area contributed by atoms with Crippen molar-refractivity contribution in [3.63, 3.8) is 0 Å². The highest BCUT2D eigenvalue weighted by atomic mass is 16.2. The molecule has 0 saturated carbocycles. The van der Waals surface area contributed by atoms with E-state index in [4.69, 9.17) is 5.73 Å². The molecule has 1 aliphatic rings. The zero-order chi connectivity index (χ0) is 12.1. The van der Waals surface area contributed by atoms with E-state index in [1.807, 2.05) is 11.8 Å². The van der Waals surface area contributed by atoms with Crippen LogP contribution in [0, 0.1) is 5.92 Å². The van der Waals surface area contributed by atoms with Gasteiger partial charge in [-0.05, 0) is 39.3 Å². The van der Waals surface area contributed by atoms with E-state index in [1.165, 1.54) is 0 Å². The van der Waals surface area contributed by atoms with Crippen LogP contribution in [0.4, 0.5) is 0 Å². The Morgan fingerprint density at radius 2 is 2.00 bits per heavy atom. The highest BCUT2D eigenvalue weighted by Crippen LogP contribution is 2.18. The minimum absolute atomic E-state index is 0.130. The second kappa shape index (κ2) is 6.21. The molecule has 1 heterocycles. The van der Waals surface area contributed by atoms with Gasteiger partial charge < -0.3 is 15.5 Å². The maximum atomic E-state index is 11.8. The Bertz CT molecular complexity index is 222. The predicted molar refractivity (Wildman–Crippen MR) is 66.1 cm³/mol. The Morgan fingerprint density at radius 1 is 1.44 bits per heavy atom. The minimum Gasteiger partial charge on any atom is -0.341 e. The van der Waals surface area contributed by atoms with E-state index >= 15 is 0 Å². The molecule has 1 aliphatic heterocycles. The maximum absolute atomic E-state index is 11.8. The highest BCUT2D eigenvalue weighted by Gasteiger charge is 2.25. The van der Waals surface area contributed by atoms with E-state index in [0.717, 1.165) is 44.8 Å². The number of carbonyl (C=O) groups is 1. The fourth-order valence-electron chi connectivity index (χ4n) is 2.26. The summed E-state index contributed by atoms with van der Waals surface area (Å²) in [5.74, 6) is 0.864. The SMILES string of the molecule is CC[C@H](N)C(=O)N1CCC(CN(C)C)CC1. The number of likely N-dealkylation sites (tertiary alicyclic amines) is 1. The van der Waals surface area contributed by atoms with Crippen LogP contribution in [-0.2, 0) is 4.79 Å². The van der Waals surface area contributed by atoms with Crippen LogP contribution in [-0.4, -0.2) is 55.5 Å². The van der Waals surface area contributed by atoms with Crippen molar-refractivity contribution < 1.29 is 4.79 Å². The maximum Gasteiger partial charge on any atom is 0.239 e. The molecule has 1 atom stereocenters. The zero-order valence-corrected chi connectivity index (χ0v) is 10.8. The molecule has 0 bridgehead atoms. The van der Waals surface area contributed by atoms with Crippen LogP contribution in [0.25, 0.3) is 0 Å². The fraction of sp³-hybridized carbons (Fsp3) is 0.917. The van der Waals surface area contributed by atoms with Crippen molar-refractivity contribution in [3.8, 4) is 0 Å². The van der Waals surface area contributed by atoms with Crippen LogP contribution in [0.3, 0.4) is 0 Å². The molecular formula is C12H25N3O. The third-order valence-corrected chi connectivity index (χ3v) is 3.31. The quantitative estimate of drug-likeness (QED) is 0.762. The molecule has 0 aliphatic carbocycles. The molecular weight excluding hydrogens is 202 g/mol. The molecule has 16 heavy (non-hydrogen) atoms. The standard InChI is InChI=1S/C12H25N3O/c1-4-11(13)12(16)15-7-5-10(6-8-15)9-14(2)3/h10-11H,4-9,13H2,1-3H3/t11-/m0/s1. The first kappa shape index (κ1) is 13.5. The molecule has 1 rings (SSSR count). The molecule has 4 nitrogen and oxygen atoms in total.